The number of rotatable bonds is 3. The number of nitrogens with zero attached hydrogens (tertiary/aromatic N) is 5. The van der Waals surface area contributed by atoms with Crippen LogP contribution in [0.5, 0.6) is 0 Å². The van der Waals surface area contributed by atoms with E-state index in [1.165, 1.54) is 36.9 Å². The van der Waals surface area contributed by atoms with Crippen LogP contribution in [-0.2, 0) is 24.3 Å². The zero-order chi connectivity index (χ0) is 28.6. The van der Waals surface area contributed by atoms with Gasteiger partial charge in [-0.3, -0.25) is 28.8 Å². The van der Waals surface area contributed by atoms with E-state index in [4.69, 9.17) is 5.10 Å². The minimum Gasteiger partial charge on any atom is -0.325 e. The second kappa shape index (κ2) is 8.36. The molecule has 0 bridgehead atoms. The van der Waals surface area contributed by atoms with Gasteiger partial charge in [-0.05, 0) is 18.2 Å². The summed E-state index contributed by atoms with van der Waals surface area (Å²) in [6.07, 6.45) is 0. The molecule has 2 aliphatic heterocycles. The van der Waals surface area contributed by atoms with Crippen LogP contribution in [0, 0.1) is 10.1 Å². The Hall–Kier alpha value is -5.78. The molecule has 2 N–H and O–H groups in total. The van der Waals surface area contributed by atoms with Crippen molar-refractivity contribution >= 4 is 28.9 Å². The molecule has 4 heterocycles. The van der Waals surface area contributed by atoms with E-state index in [0.717, 1.165) is 4.57 Å². The van der Waals surface area contributed by atoms with Crippen LogP contribution in [0.4, 0.5) is 23.0 Å². The van der Waals surface area contributed by atoms with Crippen molar-refractivity contribution in [1.29, 1.82) is 0 Å². The predicted molar refractivity (Wildman–Crippen MR) is 151 cm³/mol. The van der Waals surface area contributed by atoms with Crippen LogP contribution >= 0.6 is 0 Å². The number of benzene rings is 3. The molecule has 1 atom stereocenters. The molecular weight excluding hydrogens is 526 g/mol. The number of carbonyl (C=O) groups is 1. The summed E-state index contributed by atoms with van der Waals surface area (Å²) in [5, 5.41) is 23.0. The number of nitro benzene ring substituents is 1. The van der Waals surface area contributed by atoms with E-state index < -0.39 is 27.5 Å². The van der Waals surface area contributed by atoms with E-state index in [2.05, 4.69) is 10.6 Å². The molecule has 2 aromatic heterocycles. The quantitative estimate of drug-likeness (QED) is 0.261. The monoisotopic (exact) mass is 547 g/mol. The van der Waals surface area contributed by atoms with E-state index in [1.54, 1.807) is 4.68 Å². The van der Waals surface area contributed by atoms with Gasteiger partial charge >= 0.3 is 5.69 Å². The van der Waals surface area contributed by atoms with Gasteiger partial charge in [0.25, 0.3) is 11.2 Å². The molecule has 12 nitrogen and oxygen atoms in total. The first kappa shape index (κ1) is 24.3. The summed E-state index contributed by atoms with van der Waals surface area (Å²) in [5.74, 6) is -0.144. The number of nitrogens with one attached hydrogen (secondary N) is 2. The minimum atomic E-state index is -1.88. The van der Waals surface area contributed by atoms with Crippen molar-refractivity contribution < 1.29 is 9.72 Å². The summed E-state index contributed by atoms with van der Waals surface area (Å²) in [6, 6.07) is 22.4. The number of para-hydroxylation sites is 1. The maximum Gasteiger partial charge on any atom is 0.332 e. The maximum atomic E-state index is 14.4. The number of aromatic nitrogens is 4. The van der Waals surface area contributed by atoms with Crippen molar-refractivity contribution in [1.82, 2.24) is 18.9 Å². The van der Waals surface area contributed by atoms with E-state index in [9.17, 15) is 24.5 Å². The molecule has 202 valence electrons. The first-order chi connectivity index (χ1) is 19.7. The third kappa shape index (κ3) is 3.09. The molecule has 0 aliphatic carbocycles. The fraction of sp³-hybridized carbons (Fsp3) is 0.103. The van der Waals surface area contributed by atoms with Crippen molar-refractivity contribution in [3.63, 3.8) is 0 Å². The highest BCUT2D eigenvalue weighted by atomic mass is 16.6. The Balaban J connectivity index is 1.73. The SMILES string of the molecule is Cn1c2c(c(=O)n(C)c1=O)C1(C(=O)Nc3ccc([N+](=O)[O-])cc31)c1c(-c3ccccc3)nn(-c3ccccc3)c1N2. The second-order valence-electron chi connectivity index (χ2n) is 9.93. The molecule has 0 saturated heterocycles. The van der Waals surface area contributed by atoms with Crippen LogP contribution in [-0.4, -0.2) is 29.7 Å². The van der Waals surface area contributed by atoms with Gasteiger partial charge in [0.2, 0.25) is 5.91 Å². The van der Waals surface area contributed by atoms with Crippen LogP contribution in [0.3, 0.4) is 0 Å². The van der Waals surface area contributed by atoms with E-state index in [0.29, 0.717) is 34.0 Å². The zero-order valence-electron chi connectivity index (χ0n) is 21.8. The molecule has 2 aliphatic rings. The number of anilines is 3. The van der Waals surface area contributed by atoms with Gasteiger partial charge in [0.1, 0.15) is 17.1 Å². The zero-order valence-corrected chi connectivity index (χ0v) is 21.8. The minimum absolute atomic E-state index is 0.0314. The average Bonchev–Trinajstić information content (AvgIpc) is 3.51. The Morgan fingerprint density at radius 2 is 1.51 bits per heavy atom. The van der Waals surface area contributed by atoms with Gasteiger partial charge in [-0.25, -0.2) is 9.48 Å². The largest absolute Gasteiger partial charge is 0.332 e. The van der Waals surface area contributed by atoms with E-state index in [1.807, 2.05) is 60.7 Å². The normalized spacial score (nSPS) is 16.5. The number of hydrogen-bond acceptors (Lipinski definition) is 7. The lowest BCUT2D eigenvalue weighted by Gasteiger charge is -2.35. The van der Waals surface area contributed by atoms with E-state index in [-0.39, 0.29) is 22.6 Å². The van der Waals surface area contributed by atoms with E-state index >= 15 is 0 Å². The summed E-state index contributed by atoms with van der Waals surface area (Å²) >= 11 is 0. The van der Waals surface area contributed by atoms with Gasteiger partial charge in [0.15, 0.2) is 0 Å². The molecule has 0 radical (unpaired) electrons. The Kier molecular flexibility index (Phi) is 4.95. The fourth-order valence-corrected chi connectivity index (χ4v) is 5.91. The molecule has 41 heavy (non-hydrogen) atoms. The van der Waals surface area contributed by atoms with Crippen molar-refractivity contribution in [2.75, 3.05) is 10.6 Å². The van der Waals surface area contributed by atoms with Crippen LogP contribution in [0.1, 0.15) is 16.7 Å². The lowest BCUT2D eigenvalue weighted by molar-refractivity contribution is -0.384. The highest BCUT2D eigenvalue weighted by Crippen LogP contribution is 2.56. The molecule has 3 aromatic carbocycles. The maximum absolute atomic E-state index is 14.4. The van der Waals surface area contributed by atoms with Crippen molar-refractivity contribution in [2.24, 2.45) is 14.1 Å². The Morgan fingerprint density at radius 1 is 0.829 bits per heavy atom. The number of nitro groups is 1. The topological polar surface area (TPSA) is 146 Å². The molecule has 12 heteroatoms. The molecule has 0 fully saturated rings. The standard InChI is InChI=1S/C29H21N7O5/c1-33-24-22(26(37)34(2)28(33)39)29(19-15-18(36(40)41)13-14-20(19)30-27(29)38)21-23(16-9-5-3-6-10-16)32-35(25(21)31-24)17-11-7-4-8-12-17/h3-15,31H,1-2H3,(H,30,38). The van der Waals surface area contributed by atoms with Crippen LogP contribution in [0.15, 0.2) is 88.5 Å². The lowest BCUT2D eigenvalue weighted by atomic mass is 9.68. The van der Waals surface area contributed by atoms with Gasteiger partial charge in [-0.2, -0.15) is 5.10 Å². The number of carbonyl (C=O) groups excluding carboxylic acids is 1. The molecule has 5 aromatic rings. The molecule has 1 unspecified atom stereocenters. The summed E-state index contributed by atoms with van der Waals surface area (Å²) in [5.41, 5.74) is -0.872. The van der Waals surface area contributed by atoms with Crippen molar-refractivity contribution in [3.8, 4) is 16.9 Å². The van der Waals surface area contributed by atoms with Crippen LogP contribution in [0.2, 0.25) is 0 Å². The lowest BCUT2D eigenvalue weighted by Crippen LogP contribution is -2.50. The smallest absolute Gasteiger partial charge is 0.325 e. The molecule has 1 amide bonds. The highest BCUT2D eigenvalue weighted by molar-refractivity contribution is 6.15. The first-order valence-corrected chi connectivity index (χ1v) is 12.7. The summed E-state index contributed by atoms with van der Waals surface area (Å²) in [7, 11) is 2.83. The molecule has 0 saturated carbocycles. The molecule has 1 spiro atoms. The number of hydrogen-bond donors (Lipinski definition) is 2. The molecule has 7 rings (SSSR count). The third-order valence-electron chi connectivity index (χ3n) is 7.79. The van der Waals surface area contributed by atoms with Gasteiger partial charge in [-0.15, -0.1) is 0 Å². The summed E-state index contributed by atoms with van der Waals surface area (Å²) < 4.78 is 3.81. The summed E-state index contributed by atoms with van der Waals surface area (Å²) in [4.78, 5) is 52.9. The fourth-order valence-electron chi connectivity index (χ4n) is 5.91. The Labute approximate surface area is 231 Å². The van der Waals surface area contributed by atoms with Gasteiger partial charge in [0.05, 0.1) is 21.9 Å². The average molecular weight is 548 g/mol. The van der Waals surface area contributed by atoms with Crippen LogP contribution < -0.4 is 21.9 Å². The number of non-ortho nitro benzene ring substituents is 1. The number of amides is 1. The predicted octanol–water partition coefficient (Wildman–Crippen LogP) is 3.19. The van der Waals surface area contributed by atoms with Crippen LogP contribution in [0.25, 0.3) is 16.9 Å². The van der Waals surface area contributed by atoms with Gasteiger partial charge in [-0.1, -0.05) is 48.5 Å². The van der Waals surface area contributed by atoms with Crippen molar-refractivity contribution in [3.05, 3.63) is 127 Å². The van der Waals surface area contributed by atoms with Gasteiger partial charge < -0.3 is 10.6 Å². The third-order valence-corrected chi connectivity index (χ3v) is 7.79. The summed E-state index contributed by atoms with van der Waals surface area (Å²) in [6.45, 7) is 0. The van der Waals surface area contributed by atoms with Crippen molar-refractivity contribution in [2.45, 2.75) is 5.41 Å². The highest BCUT2D eigenvalue weighted by Gasteiger charge is 2.59. The van der Waals surface area contributed by atoms with Gasteiger partial charge in [0, 0.05) is 48.6 Å². The molecular formula is C29H21N7O5. The second-order valence-corrected chi connectivity index (χ2v) is 9.93. The Bertz CT molecular complexity index is 2060. The first-order valence-electron chi connectivity index (χ1n) is 12.7. The Morgan fingerprint density at radius 3 is 2.20 bits per heavy atom. The number of fused-ring (bicyclic) bond motifs is 6.